The van der Waals surface area contributed by atoms with Crippen LogP contribution in [0.15, 0.2) is 34.9 Å². The van der Waals surface area contributed by atoms with Gasteiger partial charge in [0.05, 0.1) is 36.5 Å². The monoisotopic (exact) mass is 347 g/mol. The highest BCUT2D eigenvalue weighted by molar-refractivity contribution is 5.99. The van der Waals surface area contributed by atoms with E-state index < -0.39 is 17.9 Å². The van der Waals surface area contributed by atoms with Crippen molar-refractivity contribution in [2.24, 2.45) is 0 Å². The van der Waals surface area contributed by atoms with E-state index in [0.29, 0.717) is 29.1 Å². The Labute approximate surface area is 147 Å². The third-order valence-electron chi connectivity index (χ3n) is 4.06. The van der Waals surface area contributed by atoms with Gasteiger partial charge in [-0.05, 0) is 34.6 Å². The van der Waals surface area contributed by atoms with Crippen LogP contribution in [0.25, 0.3) is 0 Å². The van der Waals surface area contributed by atoms with Crippen molar-refractivity contribution in [1.29, 1.82) is 0 Å². The first-order valence-electron chi connectivity index (χ1n) is 8.49. The molecule has 0 radical (unpaired) electrons. The average Bonchev–Trinajstić information content (AvgIpc) is 3.03. The lowest BCUT2D eigenvalue weighted by Gasteiger charge is -2.29. The van der Waals surface area contributed by atoms with Crippen LogP contribution < -0.4 is 5.32 Å². The summed E-state index contributed by atoms with van der Waals surface area (Å²) in [4.78, 5) is 25.2. The van der Waals surface area contributed by atoms with Gasteiger partial charge in [-0.1, -0.05) is 0 Å². The highest BCUT2D eigenvalue weighted by atomic mass is 16.5. The first-order valence-corrected chi connectivity index (χ1v) is 8.49. The van der Waals surface area contributed by atoms with Crippen LogP contribution >= 0.6 is 0 Å². The van der Waals surface area contributed by atoms with E-state index >= 15 is 0 Å². The number of carbonyl (C=O) groups is 2. The Morgan fingerprint density at radius 2 is 1.60 bits per heavy atom. The van der Waals surface area contributed by atoms with Crippen molar-refractivity contribution in [2.75, 3.05) is 13.2 Å². The highest BCUT2D eigenvalue weighted by Crippen LogP contribution is 2.39. The summed E-state index contributed by atoms with van der Waals surface area (Å²) in [6, 6.07) is 0. The number of hydrogen-bond acceptors (Lipinski definition) is 6. The number of hydrogen-bond donors (Lipinski definition) is 1. The first kappa shape index (κ1) is 18.8. The molecule has 136 valence electrons. The van der Waals surface area contributed by atoms with Gasteiger partial charge >= 0.3 is 11.9 Å². The number of nitrogens with zero attached hydrogens (tertiary/aromatic N) is 2. The lowest BCUT2D eigenvalue weighted by atomic mass is 9.81. The van der Waals surface area contributed by atoms with Crippen molar-refractivity contribution in [3.05, 3.63) is 40.5 Å². The van der Waals surface area contributed by atoms with E-state index in [9.17, 15) is 9.59 Å². The van der Waals surface area contributed by atoms with Crippen LogP contribution in [0.3, 0.4) is 0 Å². The minimum Gasteiger partial charge on any atom is -0.463 e. The molecular weight excluding hydrogens is 322 g/mol. The summed E-state index contributed by atoms with van der Waals surface area (Å²) in [7, 11) is 0. The van der Waals surface area contributed by atoms with Crippen LogP contribution in [0.4, 0.5) is 0 Å². The second-order valence-electron chi connectivity index (χ2n) is 5.71. The van der Waals surface area contributed by atoms with Crippen LogP contribution in [0.5, 0.6) is 0 Å². The van der Waals surface area contributed by atoms with Gasteiger partial charge in [-0.15, -0.1) is 0 Å². The van der Waals surface area contributed by atoms with Crippen molar-refractivity contribution in [3.63, 3.8) is 0 Å². The van der Waals surface area contributed by atoms with Gasteiger partial charge in [0.15, 0.2) is 0 Å². The molecule has 0 unspecified atom stereocenters. The Kier molecular flexibility index (Phi) is 6.01. The summed E-state index contributed by atoms with van der Waals surface area (Å²) in [6.45, 7) is 10.3. The Morgan fingerprint density at radius 3 is 2.00 bits per heavy atom. The van der Waals surface area contributed by atoms with Gasteiger partial charge in [0, 0.05) is 29.7 Å². The molecular formula is C18H25N3O4. The predicted octanol–water partition coefficient (Wildman–Crippen LogP) is 2.26. The molecule has 0 saturated carbocycles. The molecule has 0 amide bonds. The number of ether oxygens (including phenoxy) is 2. The van der Waals surface area contributed by atoms with Gasteiger partial charge in [0.25, 0.3) is 0 Å². The summed E-state index contributed by atoms with van der Waals surface area (Å²) < 4.78 is 12.2. The van der Waals surface area contributed by atoms with E-state index in [1.807, 2.05) is 13.1 Å². The highest BCUT2D eigenvalue weighted by Gasteiger charge is 2.38. The minimum atomic E-state index is -0.570. The molecule has 0 saturated heterocycles. The standard InChI is InChI=1S/C18H25N3O4/c1-6-21-10-13(9-19-21)16-14(17(22)24-7-2)11(4)20-12(5)15(16)18(23)25-8-3/h9-10,16,20H,6-8H2,1-5H3. The molecule has 1 aliphatic rings. The molecule has 1 N–H and O–H groups in total. The number of esters is 2. The van der Waals surface area contributed by atoms with Gasteiger partial charge in [0.1, 0.15) is 0 Å². The van der Waals surface area contributed by atoms with Crippen LogP contribution in [0.1, 0.15) is 46.1 Å². The molecule has 0 aromatic carbocycles. The largest absolute Gasteiger partial charge is 0.463 e. The van der Waals surface area contributed by atoms with Gasteiger partial charge < -0.3 is 14.8 Å². The van der Waals surface area contributed by atoms with Gasteiger partial charge in [0.2, 0.25) is 0 Å². The molecule has 0 bridgehead atoms. The molecule has 0 spiro atoms. The smallest absolute Gasteiger partial charge is 0.336 e. The fraction of sp³-hybridized carbons (Fsp3) is 0.500. The van der Waals surface area contributed by atoms with Gasteiger partial charge in [-0.2, -0.15) is 5.10 Å². The SMILES string of the molecule is CCOC(=O)C1=C(C)NC(C)=C(C(=O)OCC)C1c1cnn(CC)c1. The van der Waals surface area contributed by atoms with Crippen molar-refractivity contribution < 1.29 is 19.1 Å². The molecule has 0 aliphatic carbocycles. The zero-order valence-electron chi connectivity index (χ0n) is 15.4. The fourth-order valence-electron chi connectivity index (χ4n) is 2.99. The Bertz CT molecular complexity index is 690. The molecule has 1 aliphatic heterocycles. The normalized spacial score (nSPS) is 15.2. The molecule has 7 heteroatoms. The van der Waals surface area contributed by atoms with E-state index in [2.05, 4.69) is 10.4 Å². The maximum absolute atomic E-state index is 12.6. The number of allylic oxidation sites excluding steroid dienone is 2. The fourth-order valence-corrected chi connectivity index (χ4v) is 2.99. The summed E-state index contributed by atoms with van der Waals surface area (Å²) in [5, 5.41) is 7.40. The van der Waals surface area contributed by atoms with Crippen molar-refractivity contribution in [3.8, 4) is 0 Å². The zero-order valence-corrected chi connectivity index (χ0v) is 15.4. The summed E-state index contributed by atoms with van der Waals surface area (Å²) in [6.07, 6.45) is 3.52. The van der Waals surface area contributed by atoms with Crippen LogP contribution in [0.2, 0.25) is 0 Å². The summed E-state index contributed by atoms with van der Waals surface area (Å²) in [5.41, 5.74) is 2.90. The van der Waals surface area contributed by atoms with E-state index in [1.165, 1.54) is 0 Å². The van der Waals surface area contributed by atoms with Crippen LogP contribution in [0, 0.1) is 0 Å². The Balaban J connectivity index is 2.59. The maximum Gasteiger partial charge on any atom is 0.336 e. The topological polar surface area (TPSA) is 82.4 Å². The second-order valence-corrected chi connectivity index (χ2v) is 5.71. The minimum absolute atomic E-state index is 0.258. The quantitative estimate of drug-likeness (QED) is 0.795. The second kappa shape index (κ2) is 8.00. The van der Waals surface area contributed by atoms with Gasteiger partial charge in [-0.25, -0.2) is 9.59 Å². The third kappa shape index (κ3) is 3.75. The number of aryl methyl sites for hydroxylation is 1. The maximum atomic E-state index is 12.6. The molecule has 1 aromatic rings. The number of dihydropyridines is 1. The van der Waals surface area contributed by atoms with E-state index in [-0.39, 0.29) is 13.2 Å². The first-order chi connectivity index (χ1) is 11.9. The summed E-state index contributed by atoms with van der Waals surface area (Å²) in [5.74, 6) is -1.47. The summed E-state index contributed by atoms with van der Waals surface area (Å²) >= 11 is 0. The molecule has 1 aromatic heterocycles. The van der Waals surface area contributed by atoms with Gasteiger partial charge in [-0.3, -0.25) is 4.68 Å². The van der Waals surface area contributed by atoms with Crippen molar-refractivity contribution in [2.45, 2.75) is 47.1 Å². The Hall–Kier alpha value is -2.57. The molecule has 7 nitrogen and oxygen atoms in total. The molecule has 2 heterocycles. The van der Waals surface area contributed by atoms with E-state index in [4.69, 9.17) is 9.47 Å². The number of rotatable bonds is 6. The number of aromatic nitrogens is 2. The third-order valence-corrected chi connectivity index (χ3v) is 4.06. The average molecular weight is 347 g/mol. The molecule has 0 fully saturated rings. The van der Waals surface area contributed by atoms with Crippen LogP contribution in [-0.4, -0.2) is 34.9 Å². The zero-order chi connectivity index (χ0) is 18.6. The van der Waals surface area contributed by atoms with E-state index in [0.717, 1.165) is 5.56 Å². The van der Waals surface area contributed by atoms with Crippen molar-refractivity contribution >= 4 is 11.9 Å². The molecule has 25 heavy (non-hydrogen) atoms. The number of nitrogens with one attached hydrogen (secondary N) is 1. The molecule has 0 atom stereocenters. The van der Waals surface area contributed by atoms with Crippen molar-refractivity contribution in [1.82, 2.24) is 15.1 Å². The van der Waals surface area contributed by atoms with E-state index in [1.54, 1.807) is 38.6 Å². The Morgan fingerprint density at radius 1 is 1.08 bits per heavy atom. The lowest BCUT2D eigenvalue weighted by Crippen LogP contribution is -2.32. The molecule has 2 rings (SSSR count). The number of carbonyl (C=O) groups excluding carboxylic acids is 2. The predicted molar refractivity (Wildman–Crippen MR) is 92.4 cm³/mol. The lowest BCUT2D eigenvalue weighted by molar-refractivity contribution is -0.139. The van der Waals surface area contributed by atoms with Crippen LogP contribution in [-0.2, 0) is 25.6 Å².